The van der Waals surface area contributed by atoms with Crippen molar-refractivity contribution >= 4 is 10.9 Å². The van der Waals surface area contributed by atoms with Crippen molar-refractivity contribution in [1.82, 2.24) is 9.97 Å². The number of nitrogens with one attached hydrogen (secondary N) is 1. The van der Waals surface area contributed by atoms with Crippen LogP contribution >= 0.6 is 0 Å². The van der Waals surface area contributed by atoms with Crippen molar-refractivity contribution in [3.8, 4) is 0 Å². The van der Waals surface area contributed by atoms with Crippen molar-refractivity contribution in [2.75, 3.05) is 0 Å². The molecule has 0 saturated carbocycles. The maximum Gasteiger partial charge on any atom is 0.431 e. The predicted octanol–water partition coefficient (Wildman–Crippen LogP) is 1.94. The number of halogens is 3. The van der Waals surface area contributed by atoms with Crippen molar-refractivity contribution in [2.45, 2.75) is 6.18 Å². The van der Waals surface area contributed by atoms with Crippen molar-refractivity contribution in [2.24, 2.45) is 0 Å². The van der Waals surface area contributed by atoms with Gasteiger partial charge in [-0.2, -0.15) is 13.2 Å². The molecular formula is C9H5F3N2O. The third-order valence-electron chi connectivity index (χ3n) is 1.94. The molecule has 0 spiro atoms. The first-order valence-electron chi connectivity index (χ1n) is 4.03. The molecule has 2 rings (SSSR count). The topological polar surface area (TPSA) is 45.8 Å². The van der Waals surface area contributed by atoms with E-state index in [1.807, 2.05) is 0 Å². The average molecular weight is 214 g/mol. The molecule has 2 aromatic rings. The number of aromatic amines is 1. The summed E-state index contributed by atoms with van der Waals surface area (Å²) in [6.07, 6.45) is -2.00. The average Bonchev–Trinajstić information content (AvgIpc) is 2.16. The molecule has 6 heteroatoms. The molecule has 15 heavy (non-hydrogen) atoms. The first-order chi connectivity index (χ1) is 6.98. The molecule has 0 bridgehead atoms. The summed E-state index contributed by atoms with van der Waals surface area (Å²) in [7, 11) is 0. The molecule has 0 aliphatic heterocycles. The highest BCUT2D eigenvalue weighted by atomic mass is 19.4. The molecule has 0 aromatic carbocycles. The van der Waals surface area contributed by atoms with Gasteiger partial charge in [0.25, 0.3) is 0 Å². The van der Waals surface area contributed by atoms with E-state index < -0.39 is 17.3 Å². The minimum atomic E-state index is -4.55. The second-order valence-corrected chi connectivity index (χ2v) is 2.97. The Kier molecular flexibility index (Phi) is 1.99. The maximum atomic E-state index is 12.3. The van der Waals surface area contributed by atoms with Gasteiger partial charge >= 0.3 is 6.18 Å². The fraction of sp³-hybridized carbons (Fsp3) is 0.111. The van der Waals surface area contributed by atoms with Gasteiger partial charge in [0, 0.05) is 18.5 Å². The number of rotatable bonds is 0. The minimum absolute atomic E-state index is 0.129. The molecule has 2 aromatic heterocycles. The third kappa shape index (κ3) is 1.70. The number of alkyl halides is 3. The molecular weight excluding hydrogens is 209 g/mol. The molecule has 2 heterocycles. The monoisotopic (exact) mass is 214 g/mol. The van der Waals surface area contributed by atoms with E-state index in [-0.39, 0.29) is 10.9 Å². The molecule has 0 aliphatic carbocycles. The number of nitrogens with zero attached hydrogens (tertiary/aromatic N) is 1. The van der Waals surface area contributed by atoms with E-state index in [4.69, 9.17) is 0 Å². The number of hydrogen-bond acceptors (Lipinski definition) is 2. The van der Waals surface area contributed by atoms with Crippen molar-refractivity contribution in [3.63, 3.8) is 0 Å². The van der Waals surface area contributed by atoms with Gasteiger partial charge in [0.15, 0.2) is 5.43 Å². The maximum absolute atomic E-state index is 12.3. The fourth-order valence-electron chi connectivity index (χ4n) is 1.24. The Morgan fingerprint density at radius 1 is 1.33 bits per heavy atom. The molecule has 0 atom stereocenters. The van der Waals surface area contributed by atoms with E-state index in [2.05, 4.69) is 9.97 Å². The lowest BCUT2D eigenvalue weighted by atomic mass is 10.2. The molecule has 1 N–H and O–H groups in total. The molecule has 0 amide bonds. The normalized spacial score (nSPS) is 11.9. The predicted molar refractivity (Wildman–Crippen MR) is 47.4 cm³/mol. The zero-order valence-electron chi connectivity index (χ0n) is 7.30. The van der Waals surface area contributed by atoms with Crippen LogP contribution in [0, 0.1) is 0 Å². The second kappa shape index (κ2) is 3.08. The molecule has 78 valence electrons. The van der Waals surface area contributed by atoms with E-state index >= 15 is 0 Å². The Hall–Kier alpha value is -1.85. The highest BCUT2D eigenvalue weighted by Crippen LogP contribution is 2.27. The highest BCUT2D eigenvalue weighted by Gasteiger charge is 2.32. The zero-order chi connectivity index (χ0) is 11.1. The van der Waals surface area contributed by atoms with Crippen LogP contribution in [0.4, 0.5) is 13.2 Å². The van der Waals surface area contributed by atoms with E-state index in [1.54, 1.807) is 0 Å². The van der Waals surface area contributed by atoms with Crippen LogP contribution in [0.25, 0.3) is 10.9 Å². The number of pyridine rings is 2. The van der Waals surface area contributed by atoms with Gasteiger partial charge in [0.05, 0.1) is 10.9 Å². The summed E-state index contributed by atoms with van der Waals surface area (Å²) in [6, 6.07) is 1.86. The summed E-state index contributed by atoms with van der Waals surface area (Å²) in [4.78, 5) is 17.1. The largest absolute Gasteiger partial charge is 0.431 e. The molecule has 3 nitrogen and oxygen atoms in total. The van der Waals surface area contributed by atoms with E-state index in [9.17, 15) is 18.0 Å². The van der Waals surface area contributed by atoms with Crippen LogP contribution in [0.15, 0.2) is 29.3 Å². The molecule has 0 unspecified atom stereocenters. The fourth-order valence-corrected chi connectivity index (χ4v) is 1.24. The van der Waals surface area contributed by atoms with Gasteiger partial charge in [-0.05, 0) is 6.07 Å². The Balaban J connectivity index is 2.79. The SMILES string of the molecule is O=c1cc(C(F)(F)F)[nH]c2ccncc12. The van der Waals surface area contributed by atoms with Crippen molar-refractivity contribution < 1.29 is 13.2 Å². The first kappa shape index (κ1) is 9.70. The number of hydrogen-bond donors (Lipinski definition) is 1. The standard InChI is InChI=1S/C9H5F3N2O/c10-9(11,12)8-3-7(15)5-4-13-2-1-6(5)14-8/h1-4H,(H,14,15). The van der Waals surface area contributed by atoms with Crippen LogP contribution in [0.3, 0.4) is 0 Å². The lowest BCUT2D eigenvalue weighted by Crippen LogP contribution is -2.13. The smallest absolute Gasteiger partial charge is 0.351 e. The summed E-state index contributed by atoms with van der Waals surface area (Å²) < 4.78 is 36.9. The van der Waals surface area contributed by atoms with E-state index in [0.717, 1.165) is 0 Å². The van der Waals surface area contributed by atoms with Crippen LogP contribution in [0.2, 0.25) is 0 Å². The van der Waals surface area contributed by atoms with Crippen LogP contribution in [0.5, 0.6) is 0 Å². The van der Waals surface area contributed by atoms with Gasteiger partial charge in [-0.3, -0.25) is 9.78 Å². The lowest BCUT2D eigenvalue weighted by Gasteiger charge is -2.07. The highest BCUT2D eigenvalue weighted by molar-refractivity contribution is 5.77. The van der Waals surface area contributed by atoms with Gasteiger partial charge in [0.2, 0.25) is 0 Å². The van der Waals surface area contributed by atoms with E-state index in [0.29, 0.717) is 6.07 Å². The van der Waals surface area contributed by atoms with Crippen molar-refractivity contribution in [1.29, 1.82) is 0 Å². The second-order valence-electron chi connectivity index (χ2n) is 2.97. The third-order valence-corrected chi connectivity index (χ3v) is 1.94. The summed E-state index contributed by atoms with van der Waals surface area (Å²) in [5.74, 6) is 0. The Bertz CT molecular complexity index is 559. The first-order valence-corrected chi connectivity index (χ1v) is 4.03. The minimum Gasteiger partial charge on any atom is -0.351 e. The van der Waals surface area contributed by atoms with Gasteiger partial charge in [-0.15, -0.1) is 0 Å². The summed E-state index contributed by atoms with van der Waals surface area (Å²) in [5.41, 5.74) is -1.61. The van der Waals surface area contributed by atoms with E-state index in [1.165, 1.54) is 18.5 Å². The summed E-state index contributed by atoms with van der Waals surface area (Å²) >= 11 is 0. The lowest BCUT2D eigenvalue weighted by molar-refractivity contribution is -0.141. The van der Waals surface area contributed by atoms with Crippen LogP contribution in [0.1, 0.15) is 5.69 Å². The number of fused-ring (bicyclic) bond motifs is 1. The summed E-state index contributed by atoms with van der Waals surface area (Å²) in [5, 5.41) is 0.144. The molecule has 0 aliphatic rings. The Morgan fingerprint density at radius 2 is 2.07 bits per heavy atom. The van der Waals surface area contributed by atoms with Crippen LogP contribution in [-0.2, 0) is 6.18 Å². The van der Waals surface area contributed by atoms with Crippen molar-refractivity contribution in [3.05, 3.63) is 40.4 Å². The molecule has 0 radical (unpaired) electrons. The van der Waals surface area contributed by atoms with Gasteiger partial charge in [-0.1, -0.05) is 0 Å². The van der Waals surface area contributed by atoms with Gasteiger partial charge < -0.3 is 4.98 Å². The zero-order valence-corrected chi connectivity index (χ0v) is 7.30. The van der Waals surface area contributed by atoms with Crippen LogP contribution in [-0.4, -0.2) is 9.97 Å². The van der Waals surface area contributed by atoms with Crippen LogP contribution < -0.4 is 5.43 Å². The van der Waals surface area contributed by atoms with Gasteiger partial charge in [0.1, 0.15) is 5.69 Å². The quantitative estimate of drug-likeness (QED) is 0.728. The molecule has 0 fully saturated rings. The molecule has 0 saturated heterocycles. The van der Waals surface area contributed by atoms with Gasteiger partial charge in [-0.25, -0.2) is 0 Å². The number of H-pyrrole nitrogens is 1. The Morgan fingerprint density at radius 3 is 2.73 bits per heavy atom. The Labute approximate surface area is 81.6 Å². The number of aromatic nitrogens is 2. The summed E-state index contributed by atoms with van der Waals surface area (Å²) in [6.45, 7) is 0.